The number of nitrogens with zero attached hydrogens (tertiary/aromatic N) is 3. The highest BCUT2D eigenvalue weighted by Crippen LogP contribution is 2.35. The number of thiazole rings is 1. The van der Waals surface area contributed by atoms with Crippen molar-refractivity contribution in [3.8, 4) is 5.88 Å². The van der Waals surface area contributed by atoms with Crippen molar-refractivity contribution < 1.29 is 14.9 Å². The Hall–Kier alpha value is -1.96. The van der Waals surface area contributed by atoms with Gasteiger partial charge in [-0.15, -0.1) is 5.10 Å². The van der Waals surface area contributed by atoms with Crippen molar-refractivity contribution in [1.29, 1.82) is 0 Å². The second kappa shape index (κ2) is 7.22. The maximum absolute atomic E-state index is 10.9. The molecular formula is C20H29N5OS+2. The van der Waals surface area contributed by atoms with Crippen LogP contribution in [-0.2, 0) is 0 Å². The van der Waals surface area contributed by atoms with Gasteiger partial charge in [0.15, 0.2) is 6.04 Å². The van der Waals surface area contributed by atoms with E-state index in [2.05, 4.69) is 55.2 Å². The summed E-state index contributed by atoms with van der Waals surface area (Å²) in [5.74, 6) is 1.45. The van der Waals surface area contributed by atoms with Gasteiger partial charge in [-0.1, -0.05) is 49.4 Å². The lowest BCUT2D eigenvalue weighted by Crippen LogP contribution is -3.27. The summed E-state index contributed by atoms with van der Waals surface area (Å²) in [5.41, 5.74) is 2.60. The number of piperazine rings is 1. The van der Waals surface area contributed by atoms with Gasteiger partial charge in [0.05, 0.1) is 7.05 Å². The van der Waals surface area contributed by atoms with Crippen LogP contribution in [0.3, 0.4) is 0 Å². The zero-order valence-electron chi connectivity index (χ0n) is 16.5. The molecule has 0 radical (unpaired) electrons. The lowest BCUT2D eigenvalue weighted by atomic mass is 9.97. The predicted octanol–water partition coefficient (Wildman–Crippen LogP) is 0.431. The van der Waals surface area contributed by atoms with Crippen molar-refractivity contribution in [2.45, 2.75) is 32.7 Å². The van der Waals surface area contributed by atoms with Gasteiger partial charge in [0, 0.05) is 5.56 Å². The van der Waals surface area contributed by atoms with E-state index < -0.39 is 0 Å². The lowest BCUT2D eigenvalue weighted by molar-refractivity contribution is -1.02. The zero-order chi connectivity index (χ0) is 19.1. The minimum atomic E-state index is 0.119. The van der Waals surface area contributed by atoms with Crippen LogP contribution < -0.4 is 9.80 Å². The number of hydrogen-bond donors (Lipinski definition) is 3. The number of fused-ring (bicyclic) bond motifs is 1. The highest BCUT2D eigenvalue weighted by molar-refractivity contribution is 7.17. The highest BCUT2D eigenvalue weighted by Gasteiger charge is 2.35. The monoisotopic (exact) mass is 387 g/mol. The summed E-state index contributed by atoms with van der Waals surface area (Å²) in [6, 6.07) is 9.04. The molecule has 7 heteroatoms. The van der Waals surface area contributed by atoms with Gasteiger partial charge in [-0.05, 0) is 18.4 Å². The summed E-state index contributed by atoms with van der Waals surface area (Å²) in [7, 11) is 2.26. The number of aryl methyl sites for hydroxylation is 1. The first-order valence-corrected chi connectivity index (χ1v) is 10.6. The zero-order valence-corrected chi connectivity index (χ0v) is 17.3. The first kappa shape index (κ1) is 18.4. The molecule has 0 unspecified atom stereocenters. The number of hydrogen-bond acceptors (Lipinski definition) is 4. The summed E-state index contributed by atoms with van der Waals surface area (Å²) >= 11 is 1.56. The van der Waals surface area contributed by atoms with Crippen LogP contribution in [0.25, 0.3) is 4.96 Å². The van der Waals surface area contributed by atoms with Crippen LogP contribution in [0.1, 0.15) is 47.6 Å². The van der Waals surface area contributed by atoms with E-state index in [1.54, 1.807) is 20.8 Å². The number of likely N-dealkylation sites (N-methyl/N-ethyl adjacent to an activating group) is 1. The molecule has 3 aromatic rings. The molecule has 0 spiro atoms. The number of rotatable bonds is 4. The van der Waals surface area contributed by atoms with Crippen LogP contribution in [-0.4, -0.2) is 52.9 Å². The summed E-state index contributed by atoms with van der Waals surface area (Å²) in [5, 5.41) is 15.3. The molecule has 3 heterocycles. The Kier molecular flexibility index (Phi) is 4.92. The third-order valence-electron chi connectivity index (χ3n) is 5.66. The molecule has 4 rings (SSSR count). The number of nitrogens with one attached hydrogen (secondary N) is 2. The summed E-state index contributed by atoms with van der Waals surface area (Å²) in [6.07, 6.45) is 0. The van der Waals surface area contributed by atoms with Crippen LogP contribution in [0.2, 0.25) is 0 Å². The van der Waals surface area contributed by atoms with E-state index in [9.17, 15) is 5.11 Å². The van der Waals surface area contributed by atoms with Crippen molar-refractivity contribution in [1.82, 2.24) is 14.6 Å². The van der Waals surface area contributed by atoms with Gasteiger partial charge in [0.2, 0.25) is 10.8 Å². The molecule has 0 saturated carbocycles. The second-order valence-corrected chi connectivity index (χ2v) is 9.02. The molecule has 1 aromatic carbocycles. The van der Waals surface area contributed by atoms with E-state index in [0.717, 1.165) is 36.0 Å². The predicted molar refractivity (Wildman–Crippen MR) is 107 cm³/mol. The highest BCUT2D eigenvalue weighted by atomic mass is 32.1. The Morgan fingerprint density at radius 3 is 2.30 bits per heavy atom. The topological polar surface area (TPSA) is 59.3 Å². The summed E-state index contributed by atoms with van der Waals surface area (Å²) in [4.78, 5) is 9.29. The van der Waals surface area contributed by atoms with Crippen LogP contribution in [0.15, 0.2) is 24.3 Å². The Morgan fingerprint density at radius 2 is 1.70 bits per heavy atom. The molecule has 0 amide bonds. The average molecular weight is 388 g/mol. The summed E-state index contributed by atoms with van der Waals surface area (Å²) < 4.78 is 1.59. The van der Waals surface area contributed by atoms with E-state index in [-0.39, 0.29) is 11.9 Å². The Labute approximate surface area is 164 Å². The van der Waals surface area contributed by atoms with Crippen molar-refractivity contribution in [3.05, 3.63) is 46.1 Å². The van der Waals surface area contributed by atoms with Crippen LogP contribution in [0.4, 0.5) is 0 Å². The van der Waals surface area contributed by atoms with E-state index in [1.165, 1.54) is 16.0 Å². The molecule has 0 aliphatic carbocycles. The Balaban J connectivity index is 1.77. The van der Waals surface area contributed by atoms with E-state index in [0.29, 0.717) is 11.7 Å². The van der Waals surface area contributed by atoms with Crippen molar-refractivity contribution in [3.63, 3.8) is 0 Å². The SMILES string of the molecule is Cc1nc2sc([C@@H](c3ccc(C(C)C)cc3)[NH+]3CC[NH+](C)CC3)c(O)n2n1. The van der Waals surface area contributed by atoms with Gasteiger partial charge in [-0.3, -0.25) is 0 Å². The quantitative estimate of drug-likeness (QED) is 0.609. The Bertz CT molecular complexity index is 922. The van der Waals surface area contributed by atoms with Crippen molar-refractivity contribution in [2.75, 3.05) is 33.2 Å². The van der Waals surface area contributed by atoms with E-state index >= 15 is 0 Å². The van der Waals surface area contributed by atoms with E-state index in [1.807, 2.05) is 6.92 Å². The molecule has 144 valence electrons. The van der Waals surface area contributed by atoms with Crippen LogP contribution >= 0.6 is 11.3 Å². The van der Waals surface area contributed by atoms with Gasteiger partial charge in [-0.25, -0.2) is 4.98 Å². The molecule has 1 saturated heterocycles. The van der Waals surface area contributed by atoms with Gasteiger partial charge >= 0.3 is 0 Å². The second-order valence-electron chi connectivity index (χ2n) is 8.01. The van der Waals surface area contributed by atoms with Crippen LogP contribution in [0, 0.1) is 6.92 Å². The molecular weight excluding hydrogens is 358 g/mol. The first-order valence-electron chi connectivity index (χ1n) is 9.74. The normalized spacial score (nSPS) is 21.8. The standard InChI is InChI=1S/C20H27N5OS/c1-13(2)15-5-7-16(8-6-15)17(24-11-9-23(4)10-12-24)18-19(26)25-20(27-18)21-14(3)22-25/h5-8,13,17,26H,9-12H2,1-4H3/p+2/t17-/m1/s1. The van der Waals surface area contributed by atoms with Gasteiger partial charge in [0.1, 0.15) is 36.9 Å². The molecule has 2 aromatic heterocycles. The van der Waals surface area contributed by atoms with Gasteiger partial charge in [0.25, 0.3) is 0 Å². The maximum Gasteiger partial charge on any atom is 0.235 e. The molecule has 1 aliphatic rings. The molecule has 6 nitrogen and oxygen atoms in total. The van der Waals surface area contributed by atoms with E-state index in [4.69, 9.17) is 0 Å². The fraction of sp³-hybridized carbons (Fsp3) is 0.500. The largest absolute Gasteiger partial charge is 0.492 e. The number of aromatic hydroxyl groups is 1. The molecule has 3 N–H and O–H groups in total. The molecule has 1 atom stereocenters. The lowest BCUT2D eigenvalue weighted by Gasteiger charge is -2.33. The number of quaternary nitrogens is 2. The Morgan fingerprint density at radius 1 is 1.07 bits per heavy atom. The fourth-order valence-electron chi connectivity index (χ4n) is 3.97. The fourth-order valence-corrected chi connectivity index (χ4v) is 5.16. The third kappa shape index (κ3) is 3.47. The van der Waals surface area contributed by atoms with Crippen molar-refractivity contribution >= 4 is 16.3 Å². The molecule has 0 bridgehead atoms. The molecule has 1 fully saturated rings. The average Bonchev–Trinajstić information content (AvgIpc) is 3.15. The van der Waals surface area contributed by atoms with Crippen LogP contribution in [0.5, 0.6) is 5.88 Å². The van der Waals surface area contributed by atoms with Gasteiger partial charge < -0.3 is 14.9 Å². The first-order chi connectivity index (χ1) is 12.9. The minimum Gasteiger partial charge on any atom is -0.492 e. The summed E-state index contributed by atoms with van der Waals surface area (Å²) in [6.45, 7) is 10.8. The number of benzene rings is 1. The minimum absolute atomic E-state index is 0.119. The number of aromatic nitrogens is 3. The van der Waals surface area contributed by atoms with Gasteiger partial charge in [-0.2, -0.15) is 4.52 Å². The molecule has 1 aliphatic heterocycles. The maximum atomic E-state index is 10.9. The molecule has 27 heavy (non-hydrogen) atoms. The van der Waals surface area contributed by atoms with Crippen molar-refractivity contribution in [2.24, 2.45) is 0 Å². The third-order valence-corrected chi connectivity index (χ3v) is 6.74. The smallest absolute Gasteiger partial charge is 0.235 e.